The Kier molecular flexibility index (Phi) is 3.39. The topological polar surface area (TPSA) is 62.2 Å². The maximum atomic E-state index is 11.8. The summed E-state index contributed by atoms with van der Waals surface area (Å²) in [5.74, 6) is -0.228. The van der Waals surface area contributed by atoms with Crippen molar-refractivity contribution in [2.75, 3.05) is 5.32 Å². The fraction of sp³-hybridized carbons (Fsp3) is 0. The van der Waals surface area contributed by atoms with Crippen molar-refractivity contribution >= 4 is 27.7 Å². The number of halogens is 1. The fourth-order valence-corrected chi connectivity index (χ4v) is 1.70. The molecule has 86 valence electrons. The number of aromatic hydroxyl groups is 1. The van der Waals surface area contributed by atoms with Gasteiger partial charge in [0, 0.05) is 16.2 Å². The van der Waals surface area contributed by atoms with Gasteiger partial charge in [0.2, 0.25) is 0 Å². The summed E-state index contributed by atoms with van der Waals surface area (Å²) < 4.78 is 0.815. The number of anilines is 1. The highest BCUT2D eigenvalue weighted by atomic mass is 79.9. The average molecular weight is 293 g/mol. The smallest absolute Gasteiger partial charge is 0.256 e. The number of nitrogens with one attached hydrogen (secondary N) is 1. The van der Waals surface area contributed by atoms with Crippen molar-refractivity contribution < 1.29 is 9.90 Å². The number of hydrogen-bond acceptors (Lipinski definition) is 3. The predicted molar refractivity (Wildman–Crippen MR) is 68.0 cm³/mol. The van der Waals surface area contributed by atoms with Crippen molar-refractivity contribution in [3.8, 4) is 5.75 Å². The van der Waals surface area contributed by atoms with Crippen molar-refractivity contribution in [1.29, 1.82) is 0 Å². The van der Waals surface area contributed by atoms with E-state index in [1.165, 1.54) is 12.3 Å². The Hall–Kier alpha value is -1.88. The summed E-state index contributed by atoms with van der Waals surface area (Å²) in [6, 6.07) is 10.0. The van der Waals surface area contributed by atoms with E-state index in [0.29, 0.717) is 5.56 Å². The third-order valence-corrected chi connectivity index (χ3v) is 2.60. The highest BCUT2D eigenvalue weighted by Gasteiger charge is 2.09. The number of carbonyl (C=O) groups is 1. The summed E-state index contributed by atoms with van der Waals surface area (Å²) in [4.78, 5) is 15.7. The summed E-state index contributed by atoms with van der Waals surface area (Å²) in [7, 11) is 0. The lowest BCUT2D eigenvalue weighted by atomic mass is 10.2. The van der Waals surface area contributed by atoms with Crippen molar-refractivity contribution in [3.05, 3.63) is 52.6 Å². The molecule has 2 rings (SSSR count). The van der Waals surface area contributed by atoms with Crippen LogP contribution < -0.4 is 5.32 Å². The van der Waals surface area contributed by atoms with Crippen molar-refractivity contribution in [2.24, 2.45) is 0 Å². The molecule has 0 radical (unpaired) electrons. The van der Waals surface area contributed by atoms with Crippen LogP contribution in [0.5, 0.6) is 5.75 Å². The minimum atomic E-state index is -0.319. The van der Waals surface area contributed by atoms with E-state index >= 15 is 0 Å². The molecule has 0 aliphatic carbocycles. The Morgan fingerprint density at radius 2 is 2.12 bits per heavy atom. The van der Waals surface area contributed by atoms with Crippen LogP contribution in [-0.4, -0.2) is 16.0 Å². The monoisotopic (exact) mass is 292 g/mol. The van der Waals surface area contributed by atoms with Crippen molar-refractivity contribution in [2.45, 2.75) is 0 Å². The number of pyridine rings is 1. The van der Waals surface area contributed by atoms with E-state index in [-0.39, 0.29) is 17.5 Å². The van der Waals surface area contributed by atoms with Crippen LogP contribution in [0.2, 0.25) is 0 Å². The minimum absolute atomic E-state index is 0.0594. The van der Waals surface area contributed by atoms with E-state index in [0.717, 1.165) is 4.47 Å². The molecule has 0 atom stereocenters. The number of carbonyl (C=O) groups excluding carboxylic acids is 1. The summed E-state index contributed by atoms with van der Waals surface area (Å²) in [5.41, 5.74) is 0.490. The van der Waals surface area contributed by atoms with E-state index in [9.17, 15) is 9.90 Å². The number of hydrogen-bond donors (Lipinski definition) is 2. The molecule has 0 fully saturated rings. The molecule has 1 aromatic carbocycles. The molecule has 2 aromatic rings. The molecule has 4 nitrogen and oxygen atoms in total. The van der Waals surface area contributed by atoms with Gasteiger partial charge in [-0.05, 0) is 30.3 Å². The fourth-order valence-electron chi connectivity index (χ4n) is 1.30. The zero-order valence-corrected chi connectivity index (χ0v) is 10.3. The van der Waals surface area contributed by atoms with E-state index < -0.39 is 0 Å². The van der Waals surface area contributed by atoms with Crippen LogP contribution in [-0.2, 0) is 0 Å². The van der Waals surface area contributed by atoms with Gasteiger partial charge in [-0.25, -0.2) is 4.98 Å². The van der Waals surface area contributed by atoms with Gasteiger partial charge in [0.25, 0.3) is 5.91 Å². The predicted octanol–water partition coefficient (Wildman–Crippen LogP) is 2.80. The van der Waals surface area contributed by atoms with Crippen LogP contribution in [0.3, 0.4) is 0 Å². The molecule has 0 saturated heterocycles. The van der Waals surface area contributed by atoms with Gasteiger partial charge in [-0.15, -0.1) is 0 Å². The lowest BCUT2D eigenvalue weighted by molar-refractivity contribution is 0.102. The van der Waals surface area contributed by atoms with Gasteiger partial charge in [0.1, 0.15) is 0 Å². The van der Waals surface area contributed by atoms with Crippen LogP contribution in [0.15, 0.2) is 47.1 Å². The Morgan fingerprint density at radius 3 is 2.82 bits per heavy atom. The SMILES string of the molecule is O=C(Nc1ncccc1O)c1cccc(Br)c1. The van der Waals surface area contributed by atoms with Crippen LogP contribution in [0, 0.1) is 0 Å². The highest BCUT2D eigenvalue weighted by Crippen LogP contribution is 2.19. The zero-order valence-electron chi connectivity index (χ0n) is 8.72. The Balaban J connectivity index is 2.20. The molecule has 0 unspecified atom stereocenters. The van der Waals surface area contributed by atoms with Gasteiger partial charge in [0.15, 0.2) is 11.6 Å². The molecule has 1 heterocycles. The Labute approximate surface area is 106 Å². The molecule has 1 aromatic heterocycles. The standard InChI is InChI=1S/C12H9BrN2O2/c13-9-4-1-3-8(7-9)12(17)15-11-10(16)5-2-6-14-11/h1-7,16H,(H,14,15,17). The number of aromatic nitrogens is 1. The number of benzene rings is 1. The van der Waals surface area contributed by atoms with Crippen LogP contribution >= 0.6 is 15.9 Å². The molecule has 17 heavy (non-hydrogen) atoms. The first-order chi connectivity index (χ1) is 8.16. The second kappa shape index (κ2) is 4.97. The largest absolute Gasteiger partial charge is 0.504 e. The zero-order chi connectivity index (χ0) is 12.3. The van der Waals surface area contributed by atoms with Crippen LogP contribution in [0.4, 0.5) is 5.82 Å². The lowest BCUT2D eigenvalue weighted by Crippen LogP contribution is -2.12. The maximum absolute atomic E-state index is 11.8. The first-order valence-corrected chi connectivity index (χ1v) is 5.67. The second-order valence-corrected chi connectivity index (χ2v) is 4.25. The third kappa shape index (κ3) is 2.82. The van der Waals surface area contributed by atoms with Gasteiger partial charge in [0.05, 0.1) is 0 Å². The molecule has 0 saturated carbocycles. The van der Waals surface area contributed by atoms with Crippen LogP contribution in [0.1, 0.15) is 10.4 Å². The molecular formula is C12H9BrN2O2. The lowest BCUT2D eigenvalue weighted by Gasteiger charge is -2.05. The van der Waals surface area contributed by atoms with Gasteiger partial charge < -0.3 is 10.4 Å². The van der Waals surface area contributed by atoms with Gasteiger partial charge in [-0.2, -0.15) is 0 Å². The molecule has 0 spiro atoms. The highest BCUT2D eigenvalue weighted by molar-refractivity contribution is 9.10. The van der Waals surface area contributed by atoms with Crippen molar-refractivity contribution in [1.82, 2.24) is 4.98 Å². The van der Waals surface area contributed by atoms with Gasteiger partial charge in [-0.1, -0.05) is 22.0 Å². The first kappa shape index (κ1) is 11.6. The third-order valence-electron chi connectivity index (χ3n) is 2.11. The minimum Gasteiger partial charge on any atom is -0.504 e. The molecule has 2 N–H and O–H groups in total. The van der Waals surface area contributed by atoms with E-state index in [1.807, 2.05) is 6.07 Å². The first-order valence-electron chi connectivity index (χ1n) is 4.88. The van der Waals surface area contributed by atoms with E-state index in [1.54, 1.807) is 24.3 Å². The normalized spacial score (nSPS) is 9.94. The van der Waals surface area contributed by atoms with Crippen molar-refractivity contribution in [3.63, 3.8) is 0 Å². The number of rotatable bonds is 2. The quantitative estimate of drug-likeness (QED) is 0.895. The van der Waals surface area contributed by atoms with E-state index in [2.05, 4.69) is 26.2 Å². The number of nitrogens with zero attached hydrogens (tertiary/aromatic N) is 1. The molecular weight excluding hydrogens is 284 g/mol. The summed E-state index contributed by atoms with van der Waals surface area (Å²) in [6.07, 6.45) is 1.50. The average Bonchev–Trinajstić information content (AvgIpc) is 2.32. The molecule has 0 aliphatic rings. The van der Waals surface area contributed by atoms with Gasteiger partial charge in [-0.3, -0.25) is 4.79 Å². The summed E-state index contributed by atoms with van der Waals surface area (Å²) >= 11 is 3.29. The van der Waals surface area contributed by atoms with Crippen LogP contribution in [0.25, 0.3) is 0 Å². The summed E-state index contributed by atoms with van der Waals surface area (Å²) in [5, 5.41) is 12.0. The molecule has 5 heteroatoms. The van der Waals surface area contributed by atoms with Gasteiger partial charge >= 0.3 is 0 Å². The summed E-state index contributed by atoms with van der Waals surface area (Å²) in [6.45, 7) is 0. The molecule has 0 aliphatic heterocycles. The second-order valence-electron chi connectivity index (χ2n) is 3.34. The van der Waals surface area contributed by atoms with E-state index in [4.69, 9.17) is 0 Å². The molecule has 1 amide bonds. The number of amides is 1. The Morgan fingerprint density at radius 1 is 1.29 bits per heavy atom. The molecule has 0 bridgehead atoms. The maximum Gasteiger partial charge on any atom is 0.256 e. The Bertz CT molecular complexity index is 558.